The molecular weight excluding hydrogens is 458 g/mol. The van der Waals surface area contributed by atoms with E-state index in [1.165, 1.54) is 11.3 Å². The van der Waals surface area contributed by atoms with Gasteiger partial charge in [0.25, 0.3) is 0 Å². The van der Waals surface area contributed by atoms with Gasteiger partial charge in [-0.15, -0.1) is 21.5 Å². The Morgan fingerprint density at radius 1 is 1.04 bits per heavy atom. The van der Waals surface area contributed by atoms with E-state index in [9.17, 15) is 0 Å². The van der Waals surface area contributed by atoms with Gasteiger partial charge in [0.15, 0.2) is 15.9 Å². The minimum Gasteiger partial charge on any atom is -0.375 e. The van der Waals surface area contributed by atoms with E-state index in [-0.39, 0.29) is 0 Å². The van der Waals surface area contributed by atoms with Crippen LogP contribution in [0.2, 0.25) is 0 Å². The number of thiazole rings is 1. The van der Waals surface area contributed by atoms with Crippen LogP contribution in [0.25, 0.3) is 16.6 Å². The number of aromatic nitrogens is 5. The molecule has 3 N–H and O–H groups in total. The SMILES string of the molecule is Nc1nc(Nc2nnc3c4ccccc4nc(Sc4ccc(Br)cc4)n23)cs1. The van der Waals surface area contributed by atoms with Gasteiger partial charge in [-0.1, -0.05) is 39.8 Å². The summed E-state index contributed by atoms with van der Waals surface area (Å²) in [5, 5.41) is 15.9. The van der Waals surface area contributed by atoms with Gasteiger partial charge >= 0.3 is 0 Å². The number of hydrogen-bond acceptors (Lipinski definition) is 8. The first-order chi connectivity index (χ1) is 13.7. The Kier molecular flexibility index (Phi) is 4.38. The van der Waals surface area contributed by atoms with Crippen LogP contribution in [0.3, 0.4) is 0 Å². The van der Waals surface area contributed by atoms with Crippen LogP contribution in [0.15, 0.2) is 68.4 Å². The van der Waals surface area contributed by atoms with Crippen molar-refractivity contribution in [3.05, 3.63) is 58.4 Å². The summed E-state index contributed by atoms with van der Waals surface area (Å²) in [4.78, 5) is 10.2. The van der Waals surface area contributed by atoms with Gasteiger partial charge in [0, 0.05) is 20.1 Å². The van der Waals surface area contributed by atoms with Crippen molar-refractivity contribution in [3.8, 4) is 0 Å². The number of hydrogen-bond donors (Lipinski definition) is 2. The van der Waals surface area contributed by atoms with E-state index < -0.39 is 0 Å². The maximum absolute atomic E-state index is 5.74. The van der Waals surface area contributed by atoms with Gasteiger partial charge in [-0.25, -0.2) is 14.4 Å². The third-order valence-corrected chi connectivity index (χ3v) is 6.17. The Hall–Kier alpha value is -2.69. The number of nitrogens with two attached hydrogens (primary N) is 1. The molecule has 0 aliphatic rings. The van der Waals surface area contributed by atoms with Gasteiger partial charge in [0.2, 0.25) is 5.95 Å². The molecule has 0 aliphatic carbocycles. The largest absolute Gasteiger partial charge is 0.375 e. The number of nitrogen functional groups attached to an aromatic ring is 1. The van der Waals surface area contributed by atoms with Crippen LogP contribution in [-0.4, -0.2) is 24.6 Å². The zero-order valence-electron chi connectivity index (χ0n) is 14.2. The van der Waals surface area contributed by atoms with Gasteiger partial charge < -0.3 is 11.1 Å². The maximum atomic E-state index is 5.74. The highest BCUT2D eigenvalue weighted by atomic mass is 79.9. The summed E-state index contributed by atoms with van der Waals surface area (Å²) in [5.41, 5.74) is 7.34. The zero-order valence-corrected chi connectivity index (χ0v) is 17.4. The lowest BCUT2D eigenvalue weighted by Crippen LogP contribution is -2.02. The first-order valence-corrected chi connectivity index (χ1v) is 10.7. The molecule has 0 amide bonds. The van der Waals surface area contributed by atoms with E-state index in [2.05, 4.69) is 36.4 Å². The molecule has 10 heteroatoms. The molecular formula is C18H12BrN7S2. The lowest BCUT2D eigenvalue weighted by molar-refractivity contribution is 0.927. The Balaban J connectivity index is 1.68. The van der Waals surface area contributed by atoms with Gasteiger partial charge in [-0.2, -0.15) is 0 Å². The second-order valence-corrected chi connectivity index (χ2v) is 8.69. The van der Waals surface area contributed by atoms with Crippen LogP contribution in [-0.2, 0) is 0 Å². The van der Waals surface area contributed by atoms with Crippen LogP contribution in [0, 0.1) is 0 Å². The summed E-state index contributed by atoms with van der Waals surface area (Å²) in [6.45, 7) is 0. The normalized spacial score (nSPS) is 11.3. The highest BCUT2D eigenvalue weighted by Gasteiger charge is 2.17. The summed E-state index contributed by atoms with van der Waals surface area (Å²) in [6.07, 6.45) is 0. The summed E-state index contributed by atoms with van der Waals surface area (Å²) in [6, 6.07) is 16.0. The molecule has 0 aliphatic heterocycles. The molecule has 2 aromatic carbocycles. The van der Waals surface area contributed by atoms with Crippen LogP contribution in [0.1, 0.15) is 0 Å². The molecule has 7 nitrogen and oxygen atoms in total. The van der Waals surface area contributed by atoms with E-state index in [4.69, 9.17) is 10.7 Å². The number of halogens is 1. The fourth-order valence-corrected chi connectivity index (χ4v) is 4.42. The fraction of sp³-hybridized carbons (Fsp3) is 0. The molecule has 0 unspecified atom stereocenters. The van der Waals surface area contributed by atoms with Crippen molar-refractivity contribution in [3.63, 3.8) is 0 Å². The molecule has 28 heavy (non-hydrogen) atoms. The van der Waals surface area contributed by atoms with Gasteiger partial charge in [-0.05, 0) is 36.4 Å². The molecule has 0 saturated heterocycles. The van der Waals surface area contributed by atoms with Crippen molar-refractivity contribution < 1.29 is 0 Å². The van der Waals surface area contributed by atoms with Crippen molar-refractivity contribution >= 4 is 72.5 Å². The molecule has 0 spiro atoms. The third-order valence-electron chi connectivity index (χ3n) is 4.00. The summed E-state index contributed by atoms with van der Waals surface area (Å²) in [7, 11) is 0. The Morgan fingerprint density at radius 3 is 2.64 bits per heavy atom. The Bertz CT molecular complexity index is 1300. The molecule has 5 rings (SSSR count). The number of nitrogens with one attached hydrogen (secondary N) is 1. The van der Waals surface area contributed by atoms with E-state index in [1.54, 1.807) is 11.8 Å². The molecule has 0 saturated carbocycles. The average Bonchev–Trinajstić information content (AvgIpc) is 3.31. The van der Waals surface area contributed by atoms with E-state index in [0.717, 1.165) is 31.1 Å². The highest BCUT2D eigenvalue weighted by Crippen LogP contribution is 2.32. The van der Waals surface area contributed by atoms with E-state index >= 15 is 0 Å². The first kappa shape index (κ1) is 17.4. The molecule has 0 radical (unpaired) electrons. The smallest absolute Gasteiger partial charge is 0.236 e. The number of para-hydroxylation sites is 1. The standard InChI is InChI=1S/C18H12BrN7S2/c19-10-5-7-11(8-6-10)28-18-21-13-4-2-1-3-12(13)15-24-25-17(26(15)18)23-14-9-27-16(20)22-14/h1-9H,(H2,20,22)(H,23,25). The first-order valence-electron chi connectivity index (χ1n) is 8.23. The lowest BCUT2D eigenvalue weighted by atomic mass is 10.2. The minimum atomic E-state index is 0.490. The molecule has 0 fully saturated rings. The number of rotatable bonds is 4. The van der Waals surface area contributed by atoms with Crippen molar-refractivity contribution in [2.24, 2.45) is 0 Å². The molecule has 3 heterocycles. The quantitative estimate of drug-likeness (QED) is 0.358. The Morgan fingerprint density at radius 2 is 1.86 bits per heavy atom. The number of nitrogens with zero attached hydrogens (tertiary/aromatic N) is 5. The lowest BCUT2D eigenvalue weighted by Gasteiger charge is -2.09. The second kappa shape index (κ2) is 7.04. The van der Waals surface area contributed by atoms with Crippen LogP contribution in [0.4, 0.5) is 16.9 Å². The van der Waals surface area contributed by atoms with Crippen molar-refractivity contribution in [1.82, 2.24) is 24.6 Å². The summed E-state index contributed by atoms with van der Waals surface area (Å²) < 4.78 is 2.94. The van der Waals surface area contributed by atoms with E-state index in [1.807, 2.05) is 58.3 Å². The monoisotopic (exact) mass is 469 g/mol. The van der Waals surface area contributed by atoms with Gasteiger partial charge in [0.05, 0.1) is 5.52 Å². The summed E-state index contributed by atoms with van der Waals surface area (Å²) >= 11 is 6.38. The number of anilines is 3. The van der Waals surface area contributed by atoms with Crippen molar-refractivity contribution in [2.45, 2.75) is 10.1 Å². The highest BCUT2D eigenvalue weighted by molar-refractivity contribution is 9.10. The number of fused-ring (bicyclic) bond motifs is 3. The third kappa shape index (κ3) is 3.19. The second-order valence-electron chi connectivity index (χ2n) is 5.85. The fourth-order valence-electron chi connectivity index (χ4n) is 2.77. The molecule has 5 aromatic rings. The van der Waals surface area contributed by atoms with Crippen molar-refractivity contribution in [2.75, 3.05) is 11.1 Å². The van der Waals surface area contributed by atoms with Crippen molar-refractivity contribution in [1.29, 1.82) is 0 Å². The molecule has 0 atom stereocenters. The predicted molar refractivity (Wildman–Crippen MR) is 116 cm³/mol. The van der Waals surface area contributed by atoms with Crippen LogP contribution >= 0.6 is 39.0 Å². The van der Waals surface area contributed by atoms with Gasteiger partial charge in [0.1, 0.15) is 5.82 Å². The Labute approximate surface area is 176 Å². The average molecular weight is 470 g/mol. The topological polar surface area (TPSA) is 94.0 Å². The molecule has 138 valence electrons. The maximum Gasteiger partial charge on any atom is 0.236 e. The number of benzene rings is 2. The minimum absolute atomic E-state index is 0.490. The zero-order chi connectivity index (χ0) is 19.1. The van der Waals surface area contributed by atoms with Crippen LogP contribution < -0.4 is 11.1 Å². The predicted octanol–water partition coefficient (Wildman–Crippen LogP) is 4.97. The van der Waals surface area contributed by atoms with Gasteiger partial charge in [-0.3, -0.25) is 0 Å². The summed E-state index contributed by atoms with van der Waals surface area (Å²) in [5.74, 6) is 1.17. The van der Waals surface area contributed by atoms with Crippen LogP contribution in [0.5, 0.6) is 0 Å². The molecule has 3 aromatic heterocycles. The molecule has 0 bridgehead atoms. The van der Waals surface area contributed by atoms with E-state index in [0.29, 0.717) is 16.9 Å².